The Hall–Kier alpha value is -2.68. The molecule has 0 bridgehead atoms. The quantitative estimate of drug-likeness (QED) is 0.561. The van der Waals surface area contributed by atoms with E-state index in [1.54, 1.807) is 0 Å². The van der Waals surface area contributed by atoms with Gasteiger partial charge in [-0.25, -0.2) is 8.42 Å². The van der Waals surface area contributed by atoms with E-state index in [1.807, 2.05) is 12.1 Å². The van der Waals surface area contributed by atoms with Crippen molar-refractivity contribution in [2.24, 2.45) is 5.41 Å². The van der Waals surface area contributed by atoms with E-state index in [4.69, 9.17) is 14.2 Å². The van der Waals surface area contributed by atoms with Crippen molar-refractivity contribution in [1.82, 2.24) is 0 Å². The summed E-state index contributed by atoms with van der Waals surface area (Å²) in [5.74, 6) is 1.50. The number of sulfone groups is 1. The number of allylic oxidation sites excluding steroid dienone is 2. The van der Waals surface area contributed by atoms with E-state index < -0.39 is 20.2 Å². The van der Waals surface area contributed by atoms with Crippen LogP contribution in [0.15, 0.2) is 41.3 Å². The molecule has 9 heteroatoms. The fraction of sp³-hybridized carbons (Fsp3) is 0.391. The molecule has 0 saturated heterocycles. The van der Waals surface area contributed by atoms with E-state index in [0.29, 0.717) is 22.8 Å². The summed E-state index contributed by atoms with van der Waals surface area (Å²) in [6, 6.07) is 8.67. The molecule has 4 rings (SSSR count). The molecule has 0 amide bonds. The number of ether oxygens (including phenoxy) is 3. The second-order valence-electron chi connectivity index (χ2n) is 8.20. The molecule has 0 radical (unpaired) electrons. The summed E-state index contributed by atoms with van der Waals surface area (Å²) in [5.41, 5.74) is -1.55. The normalized spacial score (nSPS) is 17.6. The molecule has 2 aliphatic carbocycles. The lowest BCUT2D eigenvalue weighted by Gasteiger charge is -2.16. The maximum absolute atomic E-state index is 12.9. The minimum absolute atomic E-state index is 0.155. The SMILES string of the molecule is COc1cc(C2=C(c3ccc(S(=O)(=O)C(F)(F)F)cc3)CC3(CC3)C2)cc(OC)c1OC. The zero-order valence-electron chi connectivity index (χ0n) is 17.9. The van der Waals surface area contributed by atoms with Crippen molar-refractivity contribution in [3.05, 3.63) is 47.5 Å². The number of benzene rings is 2. The molecular formula is C23H23F3O5S. The average molecular weight is 468 g/mol. The Morgan fingerprint density at radius 2 is 1.31 bits per heavy atom. The van der Waals surface area contributed by atoms with Crippen LogP contribution in [0.1, 0.15) is 36.8 Å². The third-order valence-corrected chi connectivity index (χ3v) is 7.76. The van der Waals surface area contributed by atoms with E-state index in [9.17, 15) is 21.6 Å². The first-order chi connectivity index (χ1) is 15.0. The molecule has 1 fully saturated rings. The molecule has 0 aliphatic heterocycles. The van der Waals surface area contributed by atoms with Crippen molar-refractivity contribution in [1.29, 1.82) is 0 Å². The van der Waals surface area contributed by atoms with Gasteiger partial charge in [0.2, 0.25) is 5.75 Å². The Bertz CT molecular complexity index is 1150. The van der Waals surface area contributed by atoms with Gasteiger partial charge in [0, 0.05) is 0 Å². The number of halogens is 3. The van der Waals surface area contributed by atoms with Crippen LogP contribution in [0.3, 0.4) is 0 Å². The Morgan fingerprint density at radius 1 is 0.812 bits per heavy atom. The summed E-state index contributed by atoms with van der Waals surface area (Å²) < 4.78 is 78.4. The van der Waals surface area contributed by atoms with Gasteiger partial charge in [-0.15, -0.1) is 0 Å². The molecule has 0 heterocycles. The lowest BCUT2D eigenvalue weighted by atomic mass is 9.96. The van der Waals surface area contributed by atoms with Gasteiger partial charge in [0.05, 0.1) is 26.2 Å². The van der Waals surface area contributed by atoms with E-state index >= 15 is 0 Å². The molecule has 0 aromatic heterocycles. The third kappa shape index (κ3) is 3.72. The van der Waals surface area contributed by atoms with Crippen LogP contribution in [-0.4, -0.2) is 35.3 Å². The van der Waals surface area contributed by atoms with E-state index in [-0.39, 0.29) is 5.41 Å². The number of alkyl halides is 3. The van der Waals surface area contributed by atoms with Gasteiger partial charge in [0.15, 0.2) is 11.5 Å². The molecule has 2 aromatic rings. The average Bonchev–Trinajstić information content (AvgIpc) is 3.41. The van der Waals surface area contributed by atoms with Crippen molar-refractivity contribution < 1.29 is 35.8 Å². The van der Waals surface area contributed by atoms with Crippen LogP contribution in [0.25, 0.3) is 11.1 Å². The van der Waals surface area contributed by atoms with Crippen LogP contribution in [-0.2, 0) is 9.84 Å². The van der Waals surface area contributed by atoms with Crippen molar-refractivity contribution in [3.8, 4) is 17.2 Å². The van der Waals surface area contributed by atoms with Gasteiger partial charge in [-0.1, -0.05) is 12.1 Å². The lowest BCUT2D eigenvalue weighted by molar-refractivity contribution is -0.0436. The molecule has 32 heavy (non-hydrogen) atoms. The number of methoxy groups -OCH3 is 3. The molecular weight excluding hydrogens is 445 g/mol. The van der Waals surface area contributed by atoms with Gasteiger partial charge < -0.3 is 14.2 Å². The van der Waals surface area contributed by atoms with Gasteiger partial charge in [-0.3, -0.25) is 0 Å². The summed E-state index contributed by atoms with van der Waals surface area (Å²) in [6.45, 7) is 0. The second-order valence-corrected chi connectivity index (χ2v) is 10.1. The first-order valence-corrected chi connectivity index (χ1v) is 11.5. The van der Waals surface area contributed by atoms with Crippen LogP contribution in [0, 0.1) is 5.41 Å². The van der Waals surface area contributed by atoms with Crippen molar-refractivity contribution in [2.75, 3.05) is 21.3 Å². The summed E-state index contributed by atoms with van der Waals surface area (Å²) in [4.78, 5) is -0.761. The van der Waals surface area contributed by atoms with Gasteiger partial charge in [-0.2, -0.15) is 13.2 Å². The number of hydrogen-bond donors (Lipinski definition) is 0. The highest BCUT2D eigenvalue weighted by molar-refractivity contribution is 7.92. The minimum Gasteiger partial charge on any atom is -0.493 e. The molecule has 5 nitrogen and oxygen atoms in total. The summed E-state index contributed by atoms with van der Waals surface area (Å²) in [7, 11) is -0.788. The monoisotopic (exact) mass is 468 g/mol. The van der Waals surface area contributed by atoms with Crippen molar-refractivity contribution in [3.63, 3.8) is 0 Å². The fourth-order valence-electron chi connectivity index (χ4n) is 4.33. The number of hydrogen-bond acceptors (Lipinski definition) is 5. The van der Waals surface area contributed by atoms with E-state index in [1.165, 1.54) is 33.5 Å². The lowest BCUT2D eigenvalue weighted by Crippen LogP contribution is -2.23. The molecule has 0 unspecified atom stereocenters. The second kappa shape index (κ2) is 7.72. The molecule has 2 aliphatic rings. The van der Waals surface area contributed by atoms with Crippen molar-refractivity contribution in [2.45, 2.75) is 36.1 Å². The smallest absolute Gasteiger partial charge is 0.493 e. The van der Waals surface area contributed by atoms with Crippen molar-refractivity contribution >= 4 is 21.0 Å². The predicted molar refractivity (Wildman–Crippen MR) is 113 cm³/mol. The first-order valence-electron chi connectivity index (χ1n) is 9.99. The standard InChI is InChI=1S/C23H23F3O5S/c1-29-19-10-15(11-20(30-2)21(19)31-3)18-13-22(8-9-22)12-17(18)14-4-6-16(7-5-14)32(27,28)23(24,25)26/h4-7,10-11H,8-9,12-13H2,1-3H3. The fourth-order valence-corrected chi connectivity index (χ4v) is 5.09. The van der Waals surface area contributed by atoms with E-state index in [0.717, 1.165) is 54.5 Å². The van der Waals surface area contributed by atoms with Crippen LogP contribution < -0.4 is 14.2 Å². The molecule has 1 saturated carbocycles. The zero-order valence-corrected chi connectivity index (χ0v) is 18.7. The highest BCUT2D eigenvalue weighted by Crippen LogP contribution is 2.64. The Kier molecular flexibility index (Phi) is 5.43. The molecule has 0 atom stereocenters. The maximum atomic E-state index is 12.9. The van der Waals surface area contributed by atoms with Crippen LogP contribution in [0.5, 0.6) is 17.2 Å². The summed E-state index contributed by atoms with van der Waals surface area (Å²) in [5, 5.41) is 0. The van der Waals surface area contributed by atoms with Crippen LogP contribution in [0.2, 0.25) is 0 Å². The molecule has 1 spiro atoms. The molecule has 2 aromatic carbocycles. The predicted octanol–water partition coefficient (Wildman–Crippen LogP) is 5.49. The summed E-state index contributed by atoms with van der Waals surface area (Å²) in [6.07, 6.45) is 3.75. The Balaban J connectivity index is 1.80. The van der Waals surface area contributed by atoms with Crippen LogP contribution >= 0.6 is 0 Å². The molecule has 0 N–H and O–H groups in total. The Labute approximate surface area is 184 Å². The van der Waals surface area contributed by atoms with Gasteiger partial charge in [0.25, 0.3) is 9.84 Å². The van der Waals surface area contributed by atoms with Gasteiger partial charge in [-0.05, 0) is 77.6 Å². The minimum atomic E-state index is -5.38. The van der Waals surface area contributed by atoms with Gasteiger partial charge >= 0.3 is 5.51 Å². The highest BCUT2D eigenvalue weighted by atomic mass is 32.2. The highest BCUT2D eigenvalue weighted by Gasteiger charge is 2.49. The molecule has 172 valence electrons. The van der Waals surface area contributed by atoms with E-state index in [2.05, 4.69) is 0 Å². The largest absolute Gasteiger partial charge is 0.501 e. The first kappa shape index (κ1) is 22.5. The number of rotatable bonds is 6. The maximum Gasteiger partial charge on any atom is 0.501 e. The zero-order chi connectivity index (χ0) is 23.3. The van der Waals surface area contributed by atoms with Crippen LogP contribution in [0.4, 0.5) is 13.2 Å². The Morgan fingerprint density at radius 3 is 1.72 bits per heavy atom. The summed E-state index contributed by atoms with van der Waals surface area (Å²) >= 11 is 0. The van der Waals surface area contributed by atoms with Gasteiger partial charge in [0.1, 0.15) is 0 Å². The third-order valence-electron chi connectivity index (χ3n) is 6.26. The topological polar surface area (TPSA) is 61.8 Å².